The predicted molar refractivity (Wildman–Crippen MR) is 84.6 cm³/mol. The van der Waals surface area contributed by atoms with Crippen molar-refractivity contribution < 1.29 is 0 Å². The topological polar surface area (TPSA) is 43.8 Å². The van der Waals surface area contributed by atoms with E-state index < -0.39 is 0 Å². The van der Waals surface area contributed by atoms with Gasteiger partial charge in [-0.1, -0.05) is 45.5 Å². The summed E-state index contributed by atoms with van der Waals surface area (Å²) in [4.78, 5) is 4.91. The van der Waals surface area contributed by atoms with Crippen molar-refractivity contribution in [1.82, 2.24) is 9.55 Å². The zero-order valence-corrected chi connectivity index (χ0v) is 12.9. The molecule has 1 aliphatic carbocycles. The van der Waals surface area contributed by atoms with E-state index in [2.05, 4.69) is 24.3 Å². The predicted octanol–water partition coefficient (Wildman–Crippen LogP) is 4.05. The molecule has 0 amide bonds. The molecule has 1 unspecified atom stereocenters. The van der Waals surface area contributed by atoms with Crippen molar-refractivity contribution >= 4 is 5.82 Å². The molecule has 2 N–H and O–H groups in total. The van der Waals surface area contributed by atoms with Crippen LogP contribution in [0.4, 0.5) is 5.82 Å². The number of imidazole rings is 1. The lowest BCUT2D eigenvalue weighted by molar-refractivity contribution is 0.419. The fourth-order valence-corrected chi connectivity index (χ4v) is 3.37. The van der Waals surface area contributed by atoms with E-state index in [0.717, 1.165) is 30.2 Å². The van der Waals surface area contributed by atoms with Crippen molar-refractivity contribution in [3.8, 4) is 12.3 Å². The lowest BCUT2D eigenvalue weighted by Crippen LogP contribution is -2.13. The van der Waals surface area contributed by atoms with Crippen LogP contribution in [0.1, 0.15) is 82.1 Å². The Morgan fingerprint density at radius 3 is 2.70 bits per heavy atom. The Balaban J connectivity index is 2.34. The molecule has 0 bridgehead atoms. The van der Waals surface area contributed by atoms with Crippen LogP contribution in [0.5, 0.6) is 0 Å². The van der Waals surface area contributed by atoms with Crippen molar-refractivity contribution in [3.63, 3.8) is 0 Å². The highest BCUT2D eigenvalue weighted by Gasteiger charge is 2.25. The monoisotopic (exact) mass is 273 g/mol. The molecule has 1 aromatic rings. The van der Waals surface area contributed by atoms with Gasteiger partial charge in [-0.05, 0) is 19.3 Å². The van der Waals surface area contributed by atoms with Gasteiger partial charge in [-0.3, -0.25) is 0 Å². The molecule has 20 heavy (non-hydrogen) atoms. The first-order valence-electron chi connectivity index (χ1n) is 7.98. The van der Waals surface area contributed by atoms with Gasteiger partial charge in [-0.25, -0.2) is 4.98 Å². The molecule has 0 aromatic carbocycles. The Kier molecular flexibility index (Phi) is 5.11. The van der Waals surface area contributed by atoms with Gasteiger partial charge in [-0.15, -0.1) is 6.42 Å². The average molecular weight is 273 g/mol. The van der Waals surface area contributed by atoms with Crippen LogP contribution in [0.15, 0.2) is 0 Å². The number of nitrogen functional groups attached to an aromatic ring is 1. The highest BCUT2D eigenvalue weighted by molar-refractivity contribution is 5.41. The number of nitrogens with two attached hydrogens (primary N) is 1. The summed E-state index contributed by atoms with van der Waals surface area (Å²) in [5.74, 6) is 5.63. The largest absolute Gasteiger partial charge is 0.384 e. The second-order valence-corrected chi connectivity index (χ2v) is 6.06. The molecule has 2 rings (SSSR count). The Hall–Kier alpha value is -1.43. The number of terminal acetylenes is 1. The molecule has 0 radical (unpaired) electrons. The summed E-state index contributed by atoms with van der Waals surface area (Å²) in [6.07, 6.45) is 14.2. The number of anilines is 1. The third kappa shape index (κ3) is 3.00. The van der Waals surface area contributed by atoms with Gasteiger partial charge < -0.3 is 10.3 Å². The third-order valence-electron chi connectivity index (χ3n) is 4.47. The summed E-state index contributed by atoms with van der Waals surface area (Å²) in [6, 6.07) is 0. The average Bonchev–Trinajstić information content (AvgIpc) is 2.78. The first-order valence-corrected chi connectivity index (χ1v) is 7.98. The number of nitrogens with zero attached hydrogens (tertiary/aromatic N) is 2. The molecule has 1 saturated carbocycles. The van der Waals surface area contributed by atoms with E-state index in [1.807, 2.05) is 0 Å². The number of hydrogen-bond donors (Lipinski definition) is 1. The van der Waals surface area contributed by atoms with Gasteiger partial charge >= 0.3 is 0 Å². The Morgan fingerprint density at radius 2 is 2.10 bits per heavy atom. The summed E-state index contributed by atoms with van der Waals surface area (Å²) in [5, 5.41) is 0. The molecule has 1 fully saturated rings. The maximum atomic E-state index is 6.33. The summed E-state index contributed by atoms with van der Waals surface area (Å²) in [7, 11) is 0. The van der Waals surface area contributed by atoms with Crippen molar-refractivity contribution in [3.05, 3.63) is 11.5 Å². The fourth-order valence-electron chi connectivity index (χ4n) is 3.37. The second-order valence-electron chi connectivity index (χ2n) is 6.06. The minimum Gasteiger partial charge on any atom is -0.384 e. The summed E-state index contributed by atoms with van der Waals surface area (Å²) in [5.41, 5.74) is 7.39. The summed E-state index contributed by atoms with van der Waals surface area (Å²) >= 11 is 0. The van der Waals surface area contributed by atoms with E-state index in [0.29, 0.717) is 18.4 Å². The molecule has 1 atom stereocenters. The van der Waals surface area contributed by atoms with Crippen molar-refractivity contribution in [2.75, 3.05) is 5.73 Å². The van der Waals surface area contributed by atoms with E-state index >= 15 is 0 Å². The zero-order chi connectivity index (χ0) is 14.5. The highest BCUT2D eigenvalue weighted by atomic mass is 15.1. The molecular weight excluding hydrogens is 246 g/mol. The fraction of sp³-hybridized carbons (Fsp3) is 0.706. The third-order valence-corrected chi connectivity index (χ3v) is 4.47. The number of aromatic nitrogens is 2. The molecule has 0 saturated heterocycles. The van der Waals surface area contributed by atoms with E-state index in [-0.39, 0.29) is 0 Å². The van der Waals surface area contributed by atoms with Gasteiger partial charge in [0.1, 0.15) is 11.6 Å². The highest BCUT2D eigenvalue weighted by Crippen LogP contribution is 2.36. The molecule has 3 nitrogen and oxygen atoms in total. The van der Waals surface area contributed by atoms with Crippen molar-refractivity contribution in [1.29, 1.82) is 0 Å². The Labute approximate surface area is 123 Å². The number of rotatable bonds is 5. The molecule has 0 aliphatic heterocycles. The minimum atomic E-state index is 0.418. The van der Waals surface area contributed by atoms with Crippen molar-refractivity contribution in [2.45, 2.75) is 77.2 Å². The van der Waals surface area contributed by atoms with E-state index in [1.165, 1.54) is 32.1 Å². The molecule has 1 aliphatic rings. The van der Waals surface area contributed by atoms with Crippen LogP contribution < -0.4 is 5.73 Å². The number of hydrogen-bond acceptors (Lipinski definition) is 2. The minimum absolute atomic E-state index is 0.418. The van der Waals surface area contributed by atoms with Crippen LogP contribution in [-0.2, 0) is 6.54 Å². The van der Waals surface area contributed by atoms with Crippen LogP contribution in [0.3, 0.4) is 0 Å². The Morgan fingerprint density at radius 1 is 1.40 bits per heavy atom. The van der Waals surface area contributed by atoms with E-state index in [1.54, 1.807) is 0 Å². The zero-order valence-electron chi connectivity index (χ0n) is 12.9. The van der Waals surface area contributed by atoms with Crippen LogP contribution in [0, 0.1) is 12.3 Å². The van der Waals surface area contributed by atoms with Gasteiger partial charge in [0.05, 0.1) is 12.2 Å². The smallest absolute Gasteiger partial charge is 0.127 e. The molecule has 0 spiro atoms. The molecular formula is C17H27N3. The molecule has 1 heterocycles. The van der Waals surface area contributed by atoms with Crippen LogP contribution in [0.25, 0.3) is 0 Å². The quantitative estimate of drug-likeness (QED) is 0.822. The normalized spacial score (nSPS) is 17.9. The first-order chi connectivity index (χ1) is 9.69. The van der Waals surface area contributed by atoms with E-state index in [9.17, 15) is 0 Å². The lowest BCUT2D eigenvalue weighted by Gasteiger charge is -2.21. The van der Waals surface area contributed by atoms with Gasteiger partial charge in [0.25, 0.3) is 0 Å². The summed E-state index contributed by atoms with van der Waals surface area (Å²) in [6.45, 7) is 4.96. The molecule has 3 heteroatoms. The second kappa shape index (κ2) is 6.83. The maximum absolute atomic E-state index is 6.33. The lowest BCUT2D eigenvalue weighted by atomic mass is 9.88. The van der Waals surface area contributed by atoms with Gasteiger partial charge in [0.15, 0.2) is 0 Å². The van der Waals surface area contributed by atoms with Crippen molar-refractivity contribution in [2.24, 2.45) is 0 Å². The van der Waals surface area contributed by atoms with Gasteiger partial charge in [0.2, 0.25) is 0 Å². The summed E-state index contributed by atoms with van der Waals surface area (Å²) < 4.78 is 2.08. The molecule has 110 valence electrons. The first kappa shape index (κ1) is 15.0. The van der Waals surface area contributed by atoms with E-state index in [4.69, 9.17) is 17.1 Å². The SMILES string of the molecule is C#CCn1c(C2CCCCC2)nc(C(C)CCC)c1N. The Bertz CT molecular complexity index is 475. The van der Waals surface area contributed by atoms with Crippen LogP contribution in [0.2, 0.25) is 0 Å². The van der Waals surface area contributed by atoms with Gasteiger partial charge in [0, 0.05) is 11.8 Å². The van der Waals surface area contributed by atoms with Gasteiger partial charge in [-0.2, -0.15) is 0 Å². The van der Waals surface area contributed by atoms with Crippen LogP contribution >= 0.6 is 0 Å². The van der Waals surface area contributed by atoms with Crippen LogP contribution in [-0.4, -0.2) is 9.55 Å². The molecule has 1 aromatic heterocycles. The standard InChI is InChI=1S/C17H27N3/c1-4-9-13(3)15-16(18)20(12-5-2)17(19-15)14-10-7-6-8-11-14/h2,13-14H,4,6-12,18H2,1,3H3. The maximum Gasteiger partial charge on any atom is 0.127 e.